The minimum Gasteiger partial charge on any atom is -0.481 e. The van der Waals surface area contributed by atoms with Crippen molar-refractivity contribution in [2.24, 2.45) is 0 Å². The lowest BCUT2D eigenvalue weighted by Gasteiger charge is -1.99. The molecule has 0 fully saturated rings. The Bertz CT molecular complexity index is 378. The van der Waals surface area contributed by atoms with Crippen LogP contribution >= 0.6 is 0 Å². The lowest BCUT2D eigenvalue weighted by molar-refractivity contribution is -0.159. The number of aliphatic carboxylic acids is 3. The van der Waals surface area contributed by atoms with Crippen LogP contribution in [-0.2, 0) is 14.4 Å². The van der Waals surface area contributed by atoms with Gasteiger partial charge in [-0.25, -0.2) is 9.59 Å². The Morgan fingerprint density at radius 1 is 0.615 bits per heavy atom. The van der Waals surface area contributed by atoms with Crippen LogP contribution < -0.4 is 0 Å². The minimum absolute atomic E-state index is 0.332. The summed E-state index contributed by atoms with van der Waals surface area (Å²) in [7, 11) is 0. The maximum atomic E-state index is 10.3. The predicted octanol–water partition coefficient (Wildman–Crippen LogP) is 5.26. The maximum Gasteiger partial charge on any atom is 0.414 e. The SMILES string of the molecule is CCCCCCCCC=CCCCCCCCC(=O)O.O=C(O)C(=O)O. The molecular weight excluding hydrogens is 336 g/mol. The fourth-order valence-electron chi connectivity index (χ4n) is 2.35. The first-order valence-corrected chi connectivity index (χ1v) is 9.74. The number of hydrogen-bond acceptors (Lipinski definition) is 3. The Morgan fingerprint density at radius 3 is 1.38 bits per heavy atom. The number of rotatable bonds is 15. The quantitative estimate of drug-likeness (QED) is 0.205. The van der Waals surface area contributed by atoms with E-state index in [1.807, 2.05) is 0 Å². The highest BCUT2D eigenvalue weighted by atomic mass is 16.4. The largest absolute Gasteiger partial charge is 0.481 e. The fourth-order valence-corrected chi connectivity index (χ4v) is 2.35. The van der Waals surface area contributed by atoms with Crippen molar-refractivity contribution < 1.29 is 29.7 Å². The molecule has 0 amide bonds. The average molecular weight is 373 g/mol. The zero-order valence-corrected chi connectivity index (χ0v) is 16.1. The minimum atomic E-state index is -1.82. The fraction of sp³-hybridized carbons (Fsp3) is 0.750. The number of carbonyl (C=O) groups is 3. The molecular formula is C20H36O6. The number of carboxylic acids is 3. The molecule has 0 aliphatic heterocycles. The first-order chi connectivity index (χ1) is 12.4. The Kier molecular flexibility index (Phi) is 21.5. The summed E-state index contributed by atoms with van der Waals surface area (Å²) < 4.78 is 0. The van der Waals surface area contributed by atoms with Crippen LogP contribution in [0.15, 0.2) is 12.2 Å². The smallest absolute Gasteiger partial charge is 0.414 e. The predicted molar refractivity (Wildman–Crippen MR) is 102 cm³/mol. The molecule has 0 aromatic heterocycles. The molecule has 0 unspecified atom stereocenters. The van der Waals surface area contributed by atoms with Gasteiger partial charge in [-0.3, -0.25) is 4.79 Å². The van der Waals surface area contributed by atoms with E-state index in [2.05, 4.69) is 19.1 Å². The second-order valence-electron chi connectivity index (χ2n) is 6.34. The van der Waals surface area contributed by atoms with Crippen LogP contribution in [0.2, 0.25) is 0 Å². The van der Waals surface area contributed by atoms with Crippen molar-refractivity contribution in [3.8, 4) is 0 Å². The summed E-state index contributed by atoms with van der Waals surface area (Å²) in [6.07, 6.45) is 21.2. The third-order valence-electron chi connectivity index (χ3n) is 3.84. The molecule has 3 N–H and O–H groups in total. The summed E-state index contributed by atoms with van der Waals surface area (Å²) >= 11 is 0. The van der Waals surface area contributed by atoms with E-state index in [1.165, 1.54) is 70.6 Å². The summed E-state index contributed by atoms with van der Waals surface area (Å²) in [5.41, 5.74) is 0. The van der Waals surface area contributed by atoms with Gasteiger partial charge >= 0.3 is 17.9 Å². The molecule has 0 spiro atoms. The zero-order chi connectivity index (χ0) is 20.0. The van der Waals surface area contributed by atoms with Crippen molar-refractivity contribution in [1.29, 1.82) is 0 Å². The molecule has 0 aliphatic rings. The van der Waals surface area contributed by atoms with Crippen molar-refractivity contribution in [2.45, 2.75) is 96.8 Å². The van der Waals surface area contributed by atoms with Gasteiger partial charge in [0, 0.05) is 6.42 Å². The molecule has 0 saturated heterocycles. The number of unbranched alkanes of at least 4 members (excludes halogenated alkanes) is 11. The molecule has 0 aromatic carbocycles. The normalized spacial score (nSPS) is 10.3. The molecule has 152 valence electrons. The van der Waals surface area contributed by atoms with Gasteiger partial charge in [-0.2, -0.15) is 0 Å². The van der Waals surface area contributed by atoms with Crippen LogP contribution in [-0.4, -0.2) is 33.2 Å². The number of allylic oxidation sites excluding steroid dienone is 2. The lowest BCUT2D eigenvalue weighted by atomic mass is 10.1. The molecule has 26 heavy (non-hydrogen) atoms. The third kappa shape index (κ3) is 27.0. The molecule has 6 heteroatoms. The highest BCUT2D eigenvalue weighted by molar-refractivity contribution is 6.27. The van der Waals surface area contributed by atoms with Gasteiger partial charge in [0.1, 0.15) is 0 Å². The molecule has 0 aromatic rings. The van der Waals surface area contributed by atoms with Gasteiger partial charge in [-0.15, -0.1) is 0 Å². The first-order valence-electron chi connectivity index (χ1n) is 9.74. The lowest BCUT2D eigenvalue weighted by Crippen LogP contribution is -2.09. The van der Waals surface area contributed by atoms with Crippen molar-refractivity contribution in [3.63, 3.8) is 0 Å². The maximum absolute atomic E-state index is 10.3. The average Bonchev–Trinajstić information content (AvgIpc) is 2.58. The van der Waals surface area contributed by atoms with Crippen LogP contribution in [0.4, 0.5) is 0 Å². The summed E-state index contributed by atoms with van der Waals surface area (Å²) in [6.45, 7) is 2.26. The topological polar surface area (TPSA) is 112 Å². The molecule has 0 heterocycles. The Hall–Kier alpha value is -1.85. The van der Waals surface area contributed by atoms with Crippen LogP contribution in [0.5, 0.6) is 0 Å². The molecule has 0 rings (SSSR count). The van der Waals surface area contributed by atoms with Crippen LogP contribution in [0.25, 0.3) is 0 Å². The van der Waals surface area contributed by atoms with Gasteiger partial charge in [0.05, 0.1) is 0 Å². The standard InChI is InChI=1S/C18H34O2.C2H2O4/c1-2-3-4-5-6-7-8-9-10-11-12-13-14-15-16-17-18(19)20;3-1(4)2(5)6/h9-10H,2-8,11-17H2,1H3,(H,19,20);(H,3,4)(H,5,6). The van der Waals surface area contributed by atoms with E-state index < -0.39 is 17.9 Å². The highest BCUT2D eigenvalue weighted by Crippen LogP contribution is 2.09. The van der Waals surface area contributed by atoms with Gasteiger partial charge in [0.15, 0.2) is 0 Å². The molecule has 0 saturated carbocycles. The highest BCUT2D eigenvalue weighted by Gasteiger charge is 2.04. The van der Waals surface area contributed by atoms with Gasteiger partial charge in [0.25, 0.3) is 0 Å². The van der Waals surface area contributed by atoms with E-state index in [0.717, 1.165) is 12.8 Å². The first kappa shape index (κ1) is 26.4. The number of hydrogen-bond donors (Lipinski definition) is 3. The van der Waals surface area contributed by atoms with Gasteiger partial charge in [0.2, 0.25) is 0 Å². The van der Waals surface area contributed by atoms with E-state index in [9.17, 15) is 4.79 Å². The van der Waals surface area contributed by atoms with E-state index in [1.54, 1.807) is 0 Å². The van der Waals surface area contributed by atoms with Crippen LogP contribution in [0.1, 0.15) is 96.8 Å². The monoisotopic (exact) mass is 372 g/mol. The van der Waals surface area contributed by atoms with Crippen molar-refractivity contribution in [1.82, 2.24) is 0 Å². The summed E-state index contributed by atoms with van der Waals surface area (Å²) in [5.74, 6) is -4.31. The molecule has 6 nitrogen and oxygen atoms in total. The summed E-state index contributed by atoms with van der Waals surface area (Å²) in [6, 6.07) is 0. The summed E-state index contributed by atoms with van der Waals surface area (Å²) in [5, 5.41) is 23.3. The Labute approximate surface area is 157 Å². The zero-order valence-electron chi connectivity index (χ0n) is 16.1. The van der Waals surface area contributed by atoms with Crippen LogP contribution in [0.3, 0.4) is 0 Å². The van der Waals surface area contributed by atoms with Crippen molar-refractivity contribution >= 4 is 17.9 Å². The van der Waals surface area contributed by atoms with E-state index >= 15 is 0 Å². The molecule has 0 aliphatic carbocycles. The van der Waals surface area contributed by atoms with Gasteiger partial charge in [-0.1, -0.05) is 70.4 Å². The van der Waals surface area contributed by atoms with Gasteiger partial charge in [-0.05, 0) is 32.1 Å². The van der Waals surface area contributed by atoms with E-state index in [-0.39, 0.29) is 0 Å². The van der Waals surface area contributed by atoms with Crippen LogP contribution in [0, 0.1) is 0 Å². The molecule has 0 atom stereocenters. The second-order valence-corrected chi connectivity index (χ2v) is 6.34. The molecule has 0 radical (unpaired) electrons. The van der Waals surface area contributed by atoms with Gasteiger partial charge < -0.3 is 15.3 Å². The number of carboxylic acid groups (broad SMARTS) is 3. The second kappa shape index (κ2) is 21.2. The molecule has 0 bridgehead atoms. The van der Waals surface area contributed by atoms with E-state index in [0.29, 0.717) is 6.42 Å². The third-order valence-corrected chi connectivity index (χ3v) is 3.84. The summed E-state index contributed by atoms with van der Waals surface area (Å²) in [4.78, 5) is 28.5. The Balaban J connectivity index is 0. The van der Waals surface area contributed by atoms with Crippen molar-refractivity contribution in [2.75, 3.05) is 0 Å². The van der Waals surface area contributed by atoms with Crippen molar-refractivity contribution in [3.05, 3.63) is 12.2 Å². The Morgan fingerprint density at radius 2 is 1.00 bits per heavy atom. The van der Waals surface area contributed by atoms with E-state index in [4.69, 9.17) is 24.9 Å².